The molecule has 1 fully saturated rings. The van der Waals surface area contributed by atoms with Gasteiger partial charge in [-0.1, -0.05) is 24.6 Å². The predicted molar refractivity (Wildman–Crippen MR) is 78.4 cm³/mol. The Kier molecular flexibility index (Phi) is 5.40. The third-order valence-electron chi connectivity index (χ3n) is 3.12. The molecule has 1 aliphatic rings. The first kappa shape index (κ1) is 15.7. The average molecular weight is 319 g/mol. The maximum absolute atomic E-state index is 12.4. The minimum atomic E-state index is -3.61. The molecule has 1 aromatic carbocycles. The molecule has 0 aliphatic carbocycles. The number of hydrogen-bond acceptors (Lipinski definition) is 4. The molecule has 0 spiro atoms. The standard InChI is InChI=1S/C13H19ClN2O3S/c1-2-15-8-10-3-4-12(14)13(7-10)20(17,18)16-11-5-6-19-9-11/h3-4,7,11,15-16H,2,5-6,8-9H2,1H3. The van der Waals surface area contributed by atoms with Gasteiger partial charge >= 0.3 is 0 Å². The Hall–Kier alpha value is -0.660. The molecule has 1 atom stereocenters. The fourth-order valence-electron chi connectivity index (χ4n) is 2.04. The van der Waals surface area contributed by atoms with Gasteiger partial charge in [0.1, 0.15) is 4.90 Å². The number of sulfonamides is 1. The minimum absolute atomic E-state index is 0.126. The molecular formula is C13H19ClN2O3S. The molecule has 20 heavy (non-hydrogen) atoms. The molecule has 2 N–H and O–H groups in total. The Labute approximate surface area is 124 Å². The van der Waals surface area contributed by atoms with Crippen molar-refractivity contribution in [1.29, 1.82) is 0 Å². The summed E-state index contributed by atoms with van der Waals surface area (Å²) in [6, 6.07) is 4.88. The number of nitrogens with one attached hydrogen (secondary N) is 2. The summed E-state index contributed by atoms with van der Waals surface area (Å²) in [5, 5.41) is 3.39. The zero-order chi connectivity index (χ0) is 14.6. The van der Waals surface area contributed by atoms with E-state index in [0.29, 0.717) is 26.2 Å². The largest absolute Gasteiger partial charge is 0.380 e. The Bertz CT molecular complexity index is 557. The van der Waals surface area contributed by atoms with E-state index in [0.717, 1.165) is 12.1 Å². The van der Waals surface area contributed by atoms with E-state index in [4.69, 9.17) is 16.3 Å². The van der Waals surface area contributed by atoms with Crippen LogP contribution in [0.15, 0.2) is 23.1 Å². The van der Waals surface area contributed by atoms with Crippen LogP contribution in [0.4, 0.5) is 0 Å². The molecular weight excluding hydrogens is 300 g/mol. The molecule has 1 heterocycles. The molecule has 1 aromatic rings. The van der Waals surface area contributed by atoms with Gasteiger partial charge in [-0.15, -0.1) is 0 Å². The molecule has 2 rings (SSSR count). The summed E-state index contributed by atoms with van der Waals surface area (Å²) in [6.45, 7) is 4.43. The van der Waals surface area contributed by atoms with E-state index in [-0.39, 0.29) is 16.0 Å². The molecule has 1 unspecified atom stereocenters. The van der Waals surface area contributed by atoms with Gasteiger partial charge in [-0.3, -0.25) is 0 Å². The number of rotatable bonds is 6. The summed E-state index contributed by atoms with van der Waals surface area (Å²) in [5.74, 6) is 0. The number of ether oxygens (including phenoxy) is 1. The SMILES string of the molecule is CCNCc1ccc(Cl)c(S(=O)(=O)NC2CCOC2)c1. The van der Waals surface area contributed by atoms with Crippen LogP contribution in [0.25, 0.3) is 0 Å². The summed E-state index contributed by atoms with van der Waals surface area (Å²) < 4.78 is 32.5. The summed E-state index contributed by atoms with van der Waals surface area (Å²) in [4.78, 5) is 0.126. The van der Waals surface area contributed by atoms with Crippen molar-refractivity contribution in [3.05, 3.63) is 28.8 Å². The fourth-order valence-corrected chi connectivity index (χ4v) is 3.85. The zero-order valence-electron chi connectivity index (χ0n) is 11.4. The quantitative estimate of drug-likeness (QED) is 0.834. The van der Waals surface area contributed by atoms with Crippen LogP contribution in [0, 0.1) is 0 Å². The van der Waals surface area contributed by atoms with E-state index < -0.39 is 10.0 Å². The van der Waals surface area contributed by atoms with Crippen LogP contribution >= 0.6 is 11.6 Å². The van der Waals surface area contributed by atoms with Gasteiger partial charge in [0.2, 0.25) is 10.0 Å². The van der Waals surface area contributed by atoms with Crippen LogP contribution in [0.1, 0.15) is 18.9 Å². The molecule has 1 saturated heterocycles. The molecule has 0 bridgehead atoms. The van der Waals surface area contributed by atoms with E-state index in [9.17, 15) is 8.42 Å². The highest BCUT2D eigenvalue weighted by molar-refractivity contribution is 7.89. The first-order chi connectivity index (χ1) is 9.53. The summed E-state index contributed by atoms with van der Waals surface area (Å²) in [6.07, 6.45) is 0.688. The Morgan fingerprint density at radius 2 is 2.25 bits per heavy atom. The molecule has 1 aliphatic heterocycles. The van der Waals surface area contributed by atoms with E-state index in [1.165, 1.54) is 0 Å². The van der Waals surface area contributed by atoms with Crippen molar-refractivity contribution in [2.24, 2.45) is 0 Å². The monoisotopic (exact) mass is 318 g/mol. The number of benzene rings is 1. The molecule has 112 valence electrons. The molecule has 7 heteroatoms. The lowest BCUT2D eigenvalue weighted by molar-refractivity contribution is 0.192. The molecule has 0 amide bonds. The van der Waals surface area contributed by atoms with Gasteiger partial charge in [0, 0.05) is 19.2 Å². The maximum atomic E-state index is 12.4. The van der Waals surface area contributed by atoms with E-state index in [1.807, 2.05) is 13.0 Å². The molecule has 0 saturated carbocycles. The van der Waals surface area contributed by atoms with Gasteiger partial charge in [-0.05, 0) is 30.7 Å². The summed E-state index contributed by atoms with van der Waals surface area (Å²) in [7, 11) is -3.61. The van der Waals surface area contributed by atoms with Gasteiger partial charge in [0.15, 0.2) is 0 Å². The average Bonchev–Trinajstić information content (AvgIpc) is 2.89. The highest BCUT2D eigenvalue weighted by Gasteiger charge is 2.25. The highest BCUT2D eigenvalue weighted by Crippen LogP contribution is 2.23. The molecule has 0 aromatic heterocycles. The lowest BCUT2D eigenvalue weighted by Crippen LogP contribution is -2.35. The van der Waals surface area contributed by atoms with Gasteiger partial charge in [0.05, 0.1) is 11.6 Å². The van der Waals surface area contributed by atoms with Crippen LogP contribution in [0.2, 0.25) is 5.02 Å². The van der Waals surface area contributed by atoms with Crippen LogP contribution in [0.3, 0.4) is 0 Å². The van der Waals surface area contributed by atoms with E-state index >= 15 is 0 Å². The Morgan fingerprint density at radius 1 is 1.45 bits per heavy atom. The molecule has 5 nitrogen and oxygen atoms in total. The molecule has 0 radical (unpaired) electrons. The number of hydrogen-bond donors (Lipinski definition) is 2. The second-order valence-electron chi connectivity index (χ2n) is 4.73. The van der Waals surface area contributed by atoms with Crippen molar-refractivity contribution in [2.45, 2.75) is 30.8 Å². The van der Waals surface area contributed by atoms with Crippen LogP contribution < -0.4 is 10.0 Å². The fraction of sp³-hybridized carbons (Fsp3) is 0.538. The van der Waals surface area contributed by atoms with Gasteiger partial charge in [0.25, 0.3) is 0 Å². The third-order valence-corrected chi connectivity index (χ3v) is 5.12. The van der Waals surface area contributed by atoms with Gasteiger partial charge in [-0.2, -0.15) is 0 Å². The van der Waals surface area contributed by atoms with E-state index in [1.54, 1.807) is 12.1 Å². The number of halogens is 1. The second kappa shape index (κ2) is 6.87. The van der Waals surface area contributed by atoms with Crippen molar-refractivity contribution in [1.82, 2.24) is 10.0 Å². The third kappa shape index (κ3) is 3.93. The lowest BCUT2D eigenvalue weighted by Gasteiger charge is -2.13. The van der Waals surface area contributed by atoms with Crippen molar-refractivity contribution in [2.75, 3.05) is 19.8 Å². The Morgan fingerprint density at radius 3 is 2.90 bits per heavy atom. The summed E-state index contributed by atoms with van der Waals surface area (Å²) in [5.41, 5.74) is 0.888. The highest BCUT2D eigenvalue weighted by atomic mass is 35.5. The maximum Gasteiger partial charge on any atom is 0.242 e. The topological polar surface area (TPSA) is 67.4 Å². The normalized spacial score (nSPS) is 19.4. The van der Waals surface area contributed by atoms with E-state index in [2.05, 4.69) is 10.0 Å². The minimum Gasteiger partial charge on any atom is -0.380 e. The van der Waals surface area contributed by atoms with Crippen LogP contribution in [-0.4, -0.2) is 34.2 Å². The van der Waals surface area contributed by atoms with Crippen LogP contribution in [0.5, 0.6) is 0 Å². The van der Waals surface area contributed by atoms with Crippen molar-refractivity contribution in [3.8, 4) is 0 Å². The van der Waals surface area contributed by atoms with Gasteiger partial charge < -0.3 is 10.1 Å². The van der Waals surface area contributed by atoms with Crippen molar-refractivity contribution >= 4 is 21.6 Å². The Balaban J connectivity index is 2.20. The first-order valence-corrected chi connectivity index (χ1v) is 8.48. The second-order valence-corrected chi connectivity index (χ2v) is 6.82. The van der Waals surface area contributed by atoms with Crippen molar-refractivity contribution in [3.63, 3.8) is 0 Å². The first-order valence-electron chi connectivity index (χ1n) is 6.62. The summed E-state index contributed by atoms with van der Waals surface area (Å²) >= 11 is 6.03. The smallest absolute Gasteiger partial charge is 0.242 e. The van der Waals surface area contributed by atoms with Crippen molar-refractivity contribution < 1.29 is 13.2 Å². The lowest BCUT2D eigenvalue weighted by atomic mass is 10.2. The van der Waals surface area contributed by atoms with Crippen LogP contribution in [-0.2, 0) is 21.3 Å². The predicted octanol–water partition coefficient (Wildman–Crippen LogP) is 1.52. The van der Waals surface area contributed by atoms with Gasteiger partial charge in [-0.25, -0.2) is 13.1 Å². The zero-order valence-corrected chi connectivity index (χ0v) is 12.9.